The van der Waals surface area contributed by atoms with Crippen molar-refractivity contribution in [3.8, 4) is 5.75 Å². The van der Waals surface area contributed by atoms with Crippen LogP contribution in [-0.2, 0) is 24.3 Å². The van der Waals surface area contributed by atoms with Gasteiger partial charge in [0.1, 0.15) is 18.5 Å². The van der Waals surface area contributed by atoms with Gasteiger partial charge in [0.05, 0.1) is 24.8 Å². The Bertz CT molecular complexity index is 1180. The third kappa shape index (κ3) is 2.51. The molecule has 0 bridgehead atoms. The zero-order valence-corrected chi connectivity index (χ0v) is 17.7. The monoisotopic (exact) mass is 444 g/mol. The first-order valence-electron chi connectivity index (χ1n) is 9.67. The Morgan fingerprint density at radius 3 is 2.58 bits per heavy atom. The van der Waals surface area contributed by atoms with Crippen molar-refractivity contribution in [1.82, 2.24) is 4.90 Å². The molecule has 3 heterocycles. The third-order valence-corrected chi connectivity index (χ3v) is 8.05. The van der Waals surface area contributed by atoms with E-state index in [4.69, 9.17) is 14.2 Å². The van der Waals surface area contributed by atoms with E-state index in [0.29, 0.717) is 17.0 Å². The minimum Gasteiger partial charge on any atom is -0.497 e. The van der Waals surface area contributed by atoms with Gasteiger partial charge in [0.15, 0.2) is 5.54 Å². The second-order valence-electron chi connectivity index (χ2n) is 7.71. The van der Waals surface area contributed by atoms with E-state index in [1.807, 2.05) is 0 Å². The van der Waals surface area contributed by atoms with Gasteiger partial charge in [-0.3, -0.25) is 4.90 Å². The normalized spacial score (nSPS) is 26.2. The number of hydrogen-bond donors (Lipinski definition) is 0. The predicted octanol–water partition coefficient (Wildman–Crippen LogP) is 2.08. The van der Waals surface area contributed by atoms with E-state index in [2.05, 4.69) is 0 Å². The molecular formula is C21H20N2O7S. The number of cyclic esters (lactones) is 1. The van der Waals surface area contributed by atoms with E-state index >= 15 is 0 Å². The highest BCUT2D eigenvalue weighted by molar-refractivity contribution is 7.92. The molecule has 10 heteroatoms. The van der Waals surface area contributed by atoms with Crippen molar-refractivity contribution < 1.29 is 32.2 Å². The van der Waals surface area contributed by atoms with Crippen molar-refractivity contribution in [2.24, 2.45) is 0 Å². The number of nitrogens with zero attached hydrogens (tertiary/aromatic N) is 2. The molecule has 0 spiro atoms. The second-order valence-corrected chi connectivity index (χ2v) is 9.53. The predicted molar refractivity (Wildman–Crippen MR) is 108 cm³/mol. The Morgan fingerprint density at radius 2 is 1.90 bits per heavy atom. The number of esters is 1. The van der Waals surface area contributed by atoms with Crippen molar-refractivity contribution >= 4 is 27.8 Å². The minimum absolute atomic E-state index is 0.0838. The minimum atomic E-state index is -4.06. The average Bonchev–Trinajstić information content (AvgIpc) is 3.40. The smallest absolute Gasteiger partial charge is 0.412 e. The summed E-state index contributed by atoms with van der Waals surface area (Å²) in [5, 5.41) is 0. The lowest BCUT2D eigenvalue weighted by Gasteiger charge is -2.34. The molecule has 0 aliphatic carbocycles. The molecule has 5 rings (SSSR count). The number of sulfonamides is 1. The summed E-state index contributed by atoms with van der Waals surface area (Å²) in [6, 6.07) is 13.1. The number of rotatable bonds is 4. The van der Waals surface area contributed by atoms with E-state index in [1.165, 1.54) is 35.6 Å². The van der Waals surface area contributed by atoms with Gasteiger partial charge in [-0.25, -0.2) is 22.3 Å². The van der Waals surface area contributed by atoms with Crippen LogP contribution in [-0.4, -0.2) is 57.9 Å². The summed E-state index contributed by atoms with van der Waals surface area (Å²) in [7, 11) is -1.30. The summed E-state index contributed by atoms with van der Waals surface area (Å²) in [4.78, 5) is 26.8. The molecule has 0 unspecified atom stereocenters. The molecule has 3 aliphatic heterocycles. The number of carbonyl (C=O) groups excluding carboxylic acids is 2. The topological polar surface area (TPSA) is 102 Å². The summed E-state index contributed by atoms with van der Waals surface area (Å²) in [5.41, 5.74) is -0.251. The maximum Gasteiger partial charge on any atom is 0.412 e. The van der Waals surface area contributed by atoms with Crippen LogP contribution in [0.25, 0.3) is 0 Å². The second kappa shape index (κ2) is 6.61. The Kier molecular flexibility index (Phi) is 4.20. The van der Waals surface area contributed by atoms with Gasteiger partial charge in [-0.05, 0) is 42.3 Å². The number of anilines is 1. The summed E-state index contributed by atoms with van der Waals surface area (Å²) in [5.74, 6) is -0.525. The number of fused-ring (bicyclic) bond motifs is 5. The Hall–Kier alpha value is -3.27. The average molecular weight is 444 g/mol. The molecule has 0 aromatic heterocycles. The fraction of sp³-hybridized carbons (Fsp3) is 0.333. The van der Waals surface area contributed by atoms with E-state index < -0.39 is 39.7 Å². The lowest BCUT2D eigenvalue weighted by Crippen LogP contribution is -2.57. The lowest BCUT2D eigenvalue weighted by molar-refractivity contribution is -0.151. The highest BCUT2D eigenvalue weighted by Gasteiger charge is 2.69. The largest absolute Gasteiger partial charge is 0.497 e. The number of amides is 1. The molecular weight excluding hydrogens is 424 g/mol. The first kappa shape index (κ1) is 19.7. The van der Waals surface area contributed by atoms with Crippen LogP contribution in [0.3, 0.4) is 0 Å². The molecule has 2 fully saturated rings. The zero-order valence-electron chi connectivity index (χ0n) is 16.8. The summed E-state index contributed by atoms with van der Waals surface area (Å²) < 4.78 is 44.2. The molecule has 2 aromatic carbocycles. The number of ether oxygens (including phenoxy) is 3. The Balaban J connectivity index is 1.73. The van der Waals surface area contributed by atoms with Crippen molar-refractivity contribution in [3.63, 3.8) is 0 Å². The Morgan fingerprint density at radius 1 is 1.16 bits per heavy atom. The summed E-state index contributed by atoms with van der Waals surface area (Å²) >= 11 is 0. The van der Waals surface area contributed by atoms with Crippen molar-refractivity contribution in [2.45, 2.75) is 28.9 Å². The van der Waals surface area contributed by atoms with Crippen LogP contribution < -0.4 is 9.04 Å². The van der Waals surface area contributed by atoms with E-state index in [9.17, 15) is 18.0 Å². The van der Waals surface area contributed by atoms with E-state index in [0.717, 1.165) is 0 Å². The first-order chi connectivity index (χ1) is 14.8. The number of methoxy groups -OCH3 is 2. The maximum atomic E-state index is 13.7. The van der Waals surface area contributed by atoms with Crippen LogP contribution in [0.1, 0.15) is 17.9 Å². The fourth-order valence-electron chi connectivity index (χ4n) is 4.91. The van der Waals surface area contributed by atoms with Gasteiger partial charge in [-0.2, -0.15) is 0 Å². The van der Waals surface area contributed by atoms with Crippen LogP contribution in [0.15, 0.2) is 53.4 Å². The van der Waals surface area contributed by atoms with Gasteiger partial charge < -0.3 is 14.2 Å². The first-order valence-corrected chi connectivity index (χ1v) is 11.1. The van der Waals surface area contributed by atoms with Gasteiger partial charge in [0, 0.05) is 5.92 Å². The molecule has 9 nitrogen and oxygen atoms in total. The molecule has 3 atom stereocenters. The number of hydrogen-bond acceptors (Lipinski definition) is 7. The lowest BCUT2D eigenvalue weighted by atomic mass is 9.89. The van der Waals surface area contributed by atoms with Crippen LogP contribution in [0, 0.1) is 0 Å². The molecule has 31 heavy (non-hydrogen) atoms. The van der Waals surface area contributed by atoms with Gasteiger partial charge >= 0.3 is 12.1 Å². The molecule has 162 valence electrons. The van der Waals surface area contributed by atoms with Crippen molar-refractivity contribution in [1.29, 1.82) is 0 Å². The van der Waals surface area contributed by atoms with Crippen molar-refractivity contribution in [3.05, 3.63) is 54.1 Å². The van der Waals surface area contributed by atoms with Gasteiger partial charge in [0.25, 0.3) is 10.0 Å². The van der Waals surface area contributed by atoms with Gasteiger partial charge in [-0.1, -0.05) is 18.2 Å². The summed E-state index contributed by atoms with van der Waals surface area (Å²) in [6.45, 7) is -0.190. The highest BCUT2D eigenvalue weighted by atomic mass is 32.2. The molecule has 0 N–H and O–H groups in total. The van der Waals surface area contributed by atoms with E-state index in [-0.39, 0.29) is 17.9 Å². The number of benzene rings is 2. The third-order valence-electron chi connectivity index (χ3n) is 6.25. The van der Waals surface area contributed by atoms with Crippen LogP contribution in [0.4, 0.5) is 10.5 Å². The molecule has 3 aliphatic rings. The fourth-order valence-corrected chi connectivity index (χ4v) is 6.59. The molecule has 2 saturated heterocycles. The quantitative estimate of drug-likeness (QED) is 0.665. The van der Waals surface area contributed by atoms with Crippen LogP contribution >= 0.6 is 0 Å². The van der Waals surface area contributed by atoms with Crippen molar-refractivity contribution in [2.75, 3.05) is 25.1 Å². The number of carbonyl (C=O) groups is 2. The van der Waals surface area contributed by atoms with Crippen LogP contribution in [0.5, 0.6) is 5.75 Å². The van der Waals surface area contributed by atoms with E-state index in [1.54, 1.807) is 36.4 Å². The molecule has 2 aromatic rings. The standard InChI is InChI=1S/C21H20N2O7S/c1-28-13-8-9-17-15(10-13)16-11-21(19(24)29-2)12-30-20(25)22(21)18(16)23(17)31(26,27)14-6-4-3-5-7-14/h3-10,16,18H,11-12H2,1-2H3/t16-,18+,21-/m1/s1. The summed E-state index contributed by atoms with van der Waals surface area (Å²) in [6.07, 6.45) is -1.52. The SMILES string of the molecule is COC(=O)[C@@]12COC(=O)N1[C@@H]1[C@H](C2)c2cc(OC)ccc2N1S(=O)(=O)c1ccccc1. The highest BCUT2D eigenvalue weighted by Crippen LogP contribution is 2.57. The Labute approximate surface area is 179 Å². The van der Waals surface area contributed by atoms with Gasteiger partial charge in [0.2, 0.25) is 0 Å². The molecule has 0 radical (unpaired) electrons. The maximum absolute atomic E-state index is 13.7. The van der Waals surface area contributed by atoms with Gasteiger partial charge in [-0.15, -0.1) is 0 Å². The van der Waals surface area contributed by atoms with Crippen LogP contribution in [0.2, 0.25) is 0 Å². The molecule has 0 saturated carbocycles. The zero-order chi connectivity index (χ0) is 22.0. The molecule has 1 amide bonds.